The lowest BCUT2D eigenvalue weighted by Gasteiger charge is -2.34. The maximum absolute atomic E-state index is 11.8. The van der Waals surface area contributed by atoms with Crippen LogP contribution in [0.3, 0.4) is 0 Å². The highest BCUT2D eigenvalue weighted by Gasteiger charge is 2.24. The number of thiophene rings is 1. The molecule has 38 heavy (non-hydrogen) atoms. The van der Waals surface area contributed by atoms with Crippen LogP contribution in [-0.4, -0.2) is 67.7 Å². The van der Waals surface area contributed by atoms with Crippen LogP contribution in [0.4, 0.5) is 11.5 Å². The topological polar surface area (TPSA) is 170 Å². The zero-order valence-electron chi connectivity index (χ0n) is 22.0. The summed E-state index contributed by atoms with van der Waals surface area (Å²) in [6, 6.07) is 9.19. The second-order valence-corrected chi connectivity index (χ2v) is 10.1. The SMILES string of the molecule is CCCc1cc(N2CCC(NCC(O)COc3ccc(C=O)cc3)CC2)nc2sc(C(N)=O)c(N)c12.CN. The number of hydrogen-bond donors (Lipinski definition) is 5. The van der Waals surface area contributed by atoms with Crippen molar-refractivity contribution >= 4 is 45.3 Å². The van der Waals surface area contributed by atoms with Gasteiger partial charge in [0.1, 0.15) is 40.3 Å². The van der Waals surface area contributed by atoms with Crippen molar-refractivity contribution < 1.29 is 19.4 Å². The Bertz CT molecular complexity index is 1210. The number of aryl methyl sites for hydroxylation is 1. The van der Waals surface area contributed by atoms with Gasteiger partial charge in [0.05, 0.1) is 5.69 Å². The molecule has 0 saturated carbocycles. The van der Waals surface area contributed by atoms with Crippen LogP contribution in [0.1, 0.15) is 51.8 Å². The molecule has 2 aromatic heterocycles. The Kier molecular flexibility index (Phi) is 10.8. The number of benzene rings is 1. The van der Waals surface area contributed by atoms with E-state index in [1.807, 2.05) is 0 Å². The van der Waals surface area contributed by atoms with Crippen LogP contribution in [0.5, 0.6) is 5.75 Å². The second kappa shape index (κ2) is 14.1. The standard InChI is InChI=1S/C26H33N5O4S.CH5N/c1-2-3-17-12-21(30-26-22(17)23(27)24(36-26)25(28)34)31-10-8-18(9-11-31)29-13-19(33)15-35-20-6-4-16(14-32)5-7-20;1-2/h4-7,12,14,18-19,29,33H,2-3,8-11,13,15,27H2,1H3,(H2,28,34);2H2,1H3. The largest absolute Gasteiger partial charge is 0.491 e. The predicted molar refractivity (Wildman–Crippen MR) is 153 cm³/mol. The maximum Gasteiger partial charge on any atom is 0.260 e. The first kappa shape index (κ1) is 29.3. The van der Waals surface area contributed by atoms with Gasteiger partial charge in [0, 0.05) is 36.6 Å². The Hall–Kier alpha value is -3.25. The normalized spacial score (nSPS) is 14.6. The van der Waals surface area contributed by atoms with E-state index in [-0.39, 0.29) is 6.61 Å². The van der Waals surface area contributed by atoms with E-state index in [9.17, 15) is 14.7 Å². The van der Waals surface area contributed by atoms with Crippen molar-refractivity contribution in [3.05, 3.63) is 46.3 Å². The Morgan fingerprint density at radius 1 is 1.29 bits per heavy atom. The number of nitrogens with zero attached hydrogens (tertiary/aromatic N) is 2. The molecular weight excluding hydrogens is 504 g/mol. The molecule has 1 aromatic carbocycles. The van der Waals surface area contributed by atoms with Gasteiger partial charge in [0.2, 0.25) is 0 Å². The Morgan fingerprint density at radius 2 is 1.97 bits per heavy atom. The van der Waals surface area contributed by atoms with Crippen molar-refractivity contribution in [2.75, 3.05) is 43.9 Å². The molecule has 206 valence electrons. The molecule has 3 heterocycles. The van der Waals surface area contributed by atoms with Crippen molar-refractivity contribution in [1.29, 1.82) is 0 Å². The first-order valence-corrected chi connectivity index (χ1v) is 13.6. The molecule has 3 aromatic rings. The number of ether oxygens (including phenoxy) is 1. The third-order valence-corrected chi connectivity index (χ3v) is 7.54. The van der Waals surface area contributed by atoms with E-state index in [0.29, 0.717) is 34.5 Å². The number of fused-ring (bicyclic) bond motifs is 1. The van der Waals surface area contributed by atoms with E-state index >= 15 is 0 Å². The van der Waals surface area contributed by atoms with Gasteiger partial charge < -0.3 is 37.3 Å². The van der Waals surface area contributed by atoms with E-state index in [2.05, 4.69) is 28.9 Å². The first-order valence-electron chi connectivity index (χ1n) is 12.8. The second-order valence-electron chi connectivity index (χ2n) is 9.10. The summed E-state index contributed by atoms with van der Waals surface area (Å²) < 4.78 is 5.61. The number of aromatic nitrogens is 1. The van der Waals surface area contributed by atoms with Gasteiger partial charge in [-0.3, -0.25) is 9.59 Å². The molecule has 1 aliphatic rings. The molecule has 0 aliphatic carbocycles. The molecule has 0 bridgehead atoms. The number of nitrogens with two attached hydrogens (primary N) is 3. The van der Waals surface area contributed by atoms with Crippen molar-refractivity contribution in [1.82, 2.24) is 10.3 Å². The van der Waals surface area contributed by atoms with Gasteiger partial charge in [-0.05, 0) is 62.2 Å². The highest BCUT2D eigenvalue weighted by Crippen LogP contribution is 2.37. The van der Waals surface area contributed by atoms with E-state index < -0.39 is 12.0 Å². The zero-order chi connectivity index (χ0) is 27.7. The summed E-state index contributed by atoms with van der Waals surface area (Å²) >= 11 is 1.26. The summed E-state index contributed by atoms with van der Waals surface area (Å²) in [7, 11) is 1.50. The number of aliphatic hydroxyl groups is 1. The third kappa shape index (κ3) is 7.19. The highest BCUT2D eigenvalue weighted by atomic mass is 32.1. The summed E-state index contributed by atoms with van der Waals surface area (Å²) in [5.74, 6) is 1.00. The van der Waals surface area contributed by atoms with Crippen LogP contribution >= 0.6 is 11.3 Å². The number of amides is 1. The number of carbonyl (C=O) groups excluding carboxylic acids is 2. The van der Waals surface area contributed by atoms with Crippen LogP contribution < -0.4 is 32.2 Å². The molecule has 0 radical (unpaired) electrons. The predicted octanol–water partition coefficient (Wildman–Crippen LogP) is 2.32. The smallest absolute Gasteiger partial charge is 0.260 e. The number of rotatable bonds is 11. The lowest BCUT2D eigenvalue weighted by atomic mass is 10.0. The van der Waals surface area contributed by atoms with E-state index in [4.69, 9.17) is 21.2 Å². The van der Waals surface area contributed by atoms with Gasteiger partial charge in [-0.25, -0.2) is 4.98 Å². The van der Waals surface area contributed by atoms with E-state index in [0.717, 1.165) is 66.7 Å². The van der Waals surface area contributed by atoms with Crippen molar-refractivity contribution in [3.63, 3.8) is 0 Å². The maximum atomic E-state index is 11.8. The minimum atomic E-state index is -0.641. The summed E-state index contributed by atoms with van der Waals surface area (Å²) in [6.45, 7) is 4.39. The lowest BCUT2D eigenvalue weighted by Crippen LogP contribution is -2.45. The van der Waals surface area contributed by atoms with Crippen LogP contribution in [0.15, 0.2) is 30.3 Å². The van der Waals surface area contributed by atoms with Crippen LogP contribution in [0.2, 0.25) is 0 Å². The molecule has 11 heteroatoms. The number of primary amides is 1. The minimum absolute atomic E-state index is 0.174. The number of pyridine rings is 1. The number of nitrogen functional groups attached to an aromatic ring is 1. The third-order valence-electron chi connectivity index (χ3n) is 6.43. The van der Waals surface area contributed by atoms with Gasteiger partial charge in [-0.15, -0.1) is 11.3 Å². The fourth-order valence-corrected chi connectivity index (χ4v) is 5.49. The monoisotopic (exact) mass is 542 g/mol. The zero-order valence-corrected chi connectivity index (χ0v) is 22.8. The fourth-order valence-electron chi connectivity index (χ4n) is 4.51. The van der Waals surface area contributed by atoms with Crippen LogP contribution in [0, 0.1) is 0 Å². The lowest BCUT2D eigenvalue weighted by molar-refractivity contribution is 0.100. The number of aliphatic hydroxyl groups excluding tert-OH is 1. The Labute approximate surface area is 227 Å². The number of hydrogen-bond acceptors (Lipinski definition) is 10. The molecule has 1 atom stereocenters. The summed E-state index contributed by atoms with van der Waals surface area (Å²) in [6.07, 6.45) is 3.79. The molecule has 1 unspecified atom stereocenters. The number of carbonyl (C=O) groups is 2. The van der Waals surface area contributed by atoms with Crippen LogP contribution in [-0.2, 0) is 6.42 Å². The average molecular weight is 543 g/mol. The molecule has 1 saturated heterocycles. The Balaban J connectivity index is 0.00000195. The van der Waals surface area contributed by atoms with Gasteiger partial charge in [0.15, 0.2) is 0 Å². The van der Waals surface area contributed by atoms with Gasteiger partial charge in [-0.2, -0.15) is 0 Å². The molecule has 4 rings (SSSR count). The number of piperidine rings is 1. The first-order chi connectivity index (χ1) is 18.4. The summed E-state index contributed by atoms with van der Waals surface area (Å²) in [5, 5.41) is 14.6. The molecule has 1 fully saturated rings. The fraction of sp³-hybridized carbons (Fsp3) is 0.444. The average Bonchev–Trinajstić information content (AvgIpc) is 3.29. The molecule has 0 spiro atoms. The quantitative estimate of drug-likeness (QED) is 0.228. The molecule has 1 amide bonds. The molecule has 8 N–H and O–H groups in total. The molecule has 1 aliphatic heterocycles. The van der Waals surface area contributed by atoms with Gasteiger partial charge in [0.25, 0.3) is 5.91 Å². The minimum Gasteiger partial charge on any atom is -0.491 e. The van der Waals surface area contributed by atoms with E-state index in [1.54, 1.807) is 24.3 Å². The highest BCUT2D eigenvalue weighted by molar-refractivity contribution is 7.21. The van der Waals surface area contributed by atoms with Crippen molar-refractivity contribution in [2.24, 2.45) is 11.5 Å². The molecule has 10 nitrogen and oxygen atoms in total. The number of nitrogens with one attached hydrogen (secondary N) is 1. The number of aldehydes is 1. The van der Waals surface area contributed by atoms with Gasteiger partial charge in [-0.1, -0.05) is 13.3 Å². The van der Waals surface area contributed by atoms with Gasteiger partial charge >= 0.3 is 0 Å². The summed E-state index contributed by atoms with van der Waals surface area (Å²) in [4.78, 5) is 30.8. The molecular formula is C27H38N6O4S. The van der Waals surface area contributed by atoms with Crippen LogP contribution in [0.25, 0.3) is 10.2 Å². The van der Waals surface area contributed by atoms with E-state index in [1.165, 1.54) is 18.4 Å². The number of anilines is 2. The van der Waals surface area contributed by atoms with Crippen molar-refractivity contribution in [2.45, 2.75) is 44.8 Å². The van der Waals surface area contributed by atoms with Crippen molar-refractivity contribution in [3.8, 4) is 5.75 Å². The summed E-state index contributed by atoms with van der Waals surface area (Å²) in [5.41, 5.74) is 18.4. The Morgan fingerprint density at radius 3 is 2.58 bits per heavy atom.